The van der Waals surface area contributed by atoms with Crippen LogP contribution >= 0.6 is 0 Å². The number of carbonyl (C=O) groups excluding carboxylic acids is 1. The second-order valence-electron chi connectivity index (χ2n) is 3.13. The Morgan fingerprint density at radius 2 is 1.79 bits per heavy atom. The molecule has 0 atom stereocenters. The average molecular weight is 192 g/mol. The number of phenols is 1. The molecule has 0 fully saturated rings. The second-order valence-corrected chi connectivity index (χ2v) is 3.13. The van der Waals surface area contributed by atoms with Gasteiger partial charge in [0.1, 0.15) is 11.5 Å². The third-order valence-corrected chi connectivity index (χ3v) is 2.16. The summed E-state index contributed by atoms with van der Waals surface area (Å²) in [5, 5.41) is 27.8. The highest BCUT2D eigenvalue weighted by Crippen LogP contribution is 2.30. The molecule has 1 aromatic rings. The summed E-state index contributed by atoms with van der Waals surface area (Å²) in [5.41, 5.74) is 0.497. The smallest absolute Gasteiger partial charge is 0.171 e. The third-order valence-electron chi connectivity index (χ3n) is 2.16. The molecule has 0 radical (unpaired) electrons. The van der Waals surface area contributed by atoms with Gasteiger partial charge in [-0.05, 0) is 18.2 Å². The Balaban J connectivity index is 2.70. The first-order valence-corrected chi connectivity index (χ1v) is 4.07. The van der Waals surface area contributed by atoms with E-state index in [1.54, 1.807) is 0 Å². The molecule has 0 aliphatic heterocycles. The highest BCUT2D eigenvalue weighted by atomic mass is 16.3. The fraction of sp³-hybridized carbons (Fsp3) is 0.100. The molecule has 0 spiro atoms. The Morgan fingerprint density at radius 1 is 1.07 bits per heavy atom. The number of rotatable bonds is 0. The van der Waals surface area contributed by atoms with Gasteiger partial charge >= 0.3 is 0 Å². The zero-order chi connectivity index (χ0) is 10.3. The highest BCUT2D eigenvalue weighted by molar-refractivity contribution is 6.04. The summed E-state index contributed by atoms with van der Waals surface area (Å²) in [6.07, 6.45) is -0.191. The normalized spacial score (nSPS) is 15.6. The summed E-state index contributed by atoms with van der Waals surface area (Å²) in [6.45, 7) is 0. The van der Waals surface area contributed by atoms with Crippen LogP contribution in [0.15, 0.2) is 24.0 Å². The van der Waals surface area contributed by atoms with Crippen LogP contribution < -0.4 is 0 Å². The van der Waals surface area contributed by atoms with Gasteiger partial charge in [0.2, 0.25) is 0 Å². The predicted molar refractivity (Wildman–Crippen MR) is 49.2 cm³/mol. The van der Waals surface area contributed by atoms with Gasteiger partial charge in [-0.1, -0.05) is 0 Å². The number of fused-ring (bicyclic) bond motifs is 1. The van der Waals surface area contributed by atoms with Crippen molar-refractivity contribution in [1.82, 2.24) is 0 Å². The first kappa shape index (κ1) is 8.62. The number of hydrogen-bond donors (Lipinski definition) is 3. The van der Waals surface area contributed by atoms with Crippen molar-refractivity contribution < 1.29 is 20.1 Å². The monoisotopic (exact) mass is 192 g/mol. The van der Waals surface area contributed by atoms with Gasteiger partial charge in [-0.25, -0.2) is 0 Å². The molecule has 0 unspecified atom stereocenters. The summed E-state index contributed by atoms with van der Waals surface area (Å²) < 4.78 is 0. The SMILES string of the molecule is O=C1CC(O)=C(O)c2cc(O)ccc21. The number of hydrogen-bond acceptors (Lipinski definition) is 4. The van der Waals surface area contributed by atoms with Crippen LogP contribution in [-0.2, 0) is 0 Å². The number of allylic oxidation sites excluding steroid dienone is 1. The van der Waals surface area contributed by atoms with E-state index in [0.717, 1.165) is 0 Å². The molecule has 72 valence electrons. The Bertz CT molecular complexity index is 445. The van der Waals surface area contributed by atoms with Crippen molar-refractivity contribution in [2.45, 2.75) is 6.42 Å². The summed E-state index contributed by atoms with van der Waals surface area (Å²) in [7, 11) is 0. The van der Waals surface area contributed by atoms with Gasteiger partial charge < -0.3 is 15.3 Å². The molecule has 1 aliphatic rings. The van der Waals surface area contributed by atoms with E-state index in [-0.39, 0.29) is 35.0 Å². The molecule has 0 heterocycles. The van der Waals surface area contributed by atoms with Crippen molar-refractivity contribution in [3.63, 3.8) is 0 Å². The maximum absolute atomic E-state index is 11.4. The quantitative estimate of drug-likeness (QED) is 0.585. The van der Waals surface area contributed by atoms with Gasteiger partial charge in [0, 0.05) is 11.1 Å². The van der Waals surface area contributed by atoms with Crippen LogP contribution in [-0.4, -0.2) is 21.1 Å². The van der Waals surface area contributed by atoms with E-state index in [0.29, 0.717) is 5.56 Å². The largest absolute Gasteiger partial charge is 0.508 e. The minimum Gasteiger partial charge on any atom is -0.508 e. The lowest BCUT2D eigenvalue weighted by Crippen LogP contribution is -2.11. The molecule has 0 aromatic heterocycles. The molecule has 1 aliphatic carbocycles. The zero-order valence-electron chi connectivity index (χ0n) is 7.19. The lowest BCUT2D eigenvalue weighted by molar-refractivity contribution is 0.0974. The Morgan fingerprint density at radius 3 is 2.50 bits per heavy atom. The van der Waals surface area contributed by atoms with E-state index in [2.05, 4.69) is 0 Å². The average Bonchev–Trinajstić information content (AvgIpc) is 2.14. The van der Waals surface area contributed by atoms with Crippen molar-refractivity contribution >= 4 is 11.5 Å². The lowest BCUT2D eigenvalue weighted by Gasteiger charge is -2.14. The Labute approximate surface area is 79.7 Å². The standard InChI is InChI=1S/C10H8O4/c11-5-1-2-6-7(3-5)10(14)9(13)4-8(6)12/h1-3,11,13-14H,4H2. The van der Waals surface area contributed by atoms with Crippen molar-refractivity contribution in [1.29, 1.82) is 0 Å². The molecule has 14 heavy (non-hydrogen) atoms. The molecule has 4 heteroatoms. The topological polar surface area (TPSA) is 77.8 Å². The highest BCUT2D eigenvalue weighted by Gasteiger charge is 2.24. The minimum atomic E-state index is -0.354. The fourth-order valence-electron chi connectivity index (χ4n) is 1.46. The number of aliphatic hydroxyl groups excluding tert-OH is 2. The van der Waals surface area contributed by atoms with E-state index < -0.39 is 0 Å². The van der Waals surface area contributed by atoms with Gasteiger partial charge in [-0.2, -0.15) is 0 Å². The Hall–Kier alpha value is -1.97. The number of phenolic OH excluding ortho intramolecular Hbond substituents is 1. The van der Waals surface area contributed by atoms with Crippen LogP contribution in [0.25, 0.3) is 5.76 Å². The number of benzene rings is 1. The van der Waals surface area contributed by atoms with Crippen LogP contribution in [0.1, 0.15) is 22.3 Å². The molecule has 0 bridgehead atoms. The second kappa shape index (κ2) is 2.77. The number of ketones is 1. The summed E-state index contributed by atoms with van der Waals surface area (Å²) >= 11 is 0. The molecule has 0 saturated carbocycles. The van der Waals surface area contributed by atoms with Gasteiger partial charge in [0.25, 0.3) is 0 Å². The lowest BCUT2D eigenvalue weighted by atomic mass is 9.93. The third kappa shape index (κ3) is 1.12. The summed E-state index contributed by atoms with van der Waals surface area (Å²) in [4.78, 5) is 11.4. The summed E-state index contributed by atoms with van der Waals surface area (Å²) in [5.74, 6) is -1.02. The predicted octanol–water partition coefficient (Wildman–Crippen LogP) is 1.76. The van der Waals surface area contributed by atoms with E-state index in [1.807, 2.05) is 0 Å². The molecular formula is C10H8O4. The van der Waals surface area contributed by atoms with Gasteiger partial charge in [0.15, 0.2) is 11.5 Å². The minimum absolute atomic E-state index is 0.0576. The molecule has 3 N–H and O–H groups in total. The zero-order valence-corrected chi connectivity index (χ0v) is 7.19. The van der Waals surface area contributed by atoms with Crippen LogP contribution in [0.4, 0.5) is 0 Å². The van der Waals surface area contributed by atoms with Crippen molar-refractivity contribution in [3.05, 3.63) is 35.1 Å². The maximum atomic E-state index is 11.4. The van der Waals surface area contributed by atoms with E-state index in [9.17, 15) is 15.0 Å². The summed E-state index contributed by atoms with van der Waals surface area (Å²) in [6, 6.07) is 4.04. The van der Waals surface area contributed by atoms with Crippen LogP contribution in [0.3, 0.4) is 0 Å². The first-order chi connectivity index (χ1) is 6.59. The molecule has 0 saturated heterocycles. The van der Waals surface area contributed by atoms with E-state index in [1.165, 1.54) is 18.2 Å². The van der Waals surface area contributed by atoms with Crippen LogP contribution in [0, 0.1) is 0 Å². The van der Waals surface area contributed by atoms with Crippen LogP contribution in [0.5, 0.6) is 5.75 Å². The number of aliphatic hydroxyl groups is 2. The van der Waals surface area contributed by atoms with E-state index in [4.69, 9.17) is 5.11 Å². The maximum Gasteiger partial charge on any atom is 0.171 e. The van der Waals surface area contributed by atoms with Crippen molar-refractivity contribution in [2.75, 3.05) is 0 Å². The molecule has 0 amide bonds. The van der Waals surface area contributed by atoms with E-state index >= 15 is 0 Å². The molecule has 1 aromatic carbocycles. The Kier molecular flexibility index (Phi) is 1.70. The van der Waals surface area contributed by atoms with Crippen molar-refractivity contribution in [2.24, 2.45) is 0 Å². The molecule has 4 nitrogen and oxygen atoms in total. The molecule has 2 rings (SSSR count). The molecular weight excluding hydrogens is 184 g/mol. The first-order valence-electron chi connectivity index (χ1n) is 4.07. The van der Waals surface area contributed by atoms with Gasteiger partial charge in [-0.15, -0.1) is 0 Å². The van der Waals surface area contributed by atoms with Gasteiger partial charge in [-0.3, -0.25) is 4.79 Å². The number of carbonyl (C=O) groups is 1. The number of aromatic hydroxyl groups is 1. The van der Waals surface area contributed by atoms with Crippen molar-refractivity contribution in [3.8, 4) is 5.75 Å². The van der Waals surface area contributed by atoms with Gasteiger partial charge in [0.05, 0.1) is 6.42 Å². The van der Waals surface area contributed by atoms with Crippen LogP contribution in [0.2, 0.25) is 0 Å². The fourth-order valence-corrected chi connectivity index (χ4v) is 1.46. The number of Topliss-reactive ketones (excluding diaryl/α,β-unsaturated/α-hetero) is 1.